The van der Waals surface area contributed by atoms with Crippen LogP contribution < -0.4 is 0 Å². The summed E-state index contributed by atoms with van der Waals surface area (Å²) >= 11 is 0. The Morgan fingerprint density at radius 2 is 1.93 bits per heavy atom. The first-order chi connectivity index (χ1) is 13.3. The highest BCUT2D eigenvalue weighted by Gasteiger charge is 2.28. The zero-order valence-electron chi connectivity index (χ0n) is 16.1. The van der Waals surface area contributed by atoms with Gasteiger partial charge >= 0.3 is 0 Å². The molecule has 1 aliphatic carbocycles. The number of rotatable bonds is 4. The summed E-state index contributed by atoms with van der Waals surface area (Å²) in [5.41, 5.74) is 5.80. The summed E-state index contributed by atoms with van der Waals surface area (Å²) in [6.45, 7) is 6.90. The zero-order valence-corrected chi connectivity index (χ0v) is 16.1. The minimum Gasteiger partial charge on any atom is -0.333 e. The Morgan fingerprint density at radius 1 is 1.07 bits per heavy atom. The van der Waals surface area contributed by atoms with Gasteiger partial charge in [-0.15, -0.1) is 0 Å². The Kier molecular flexibility index (Phi) is 4.75. The van der Waals surface area contributed by atoms with E-state index in [4.69, 9.17) is 4.98 Å². The molecule has 5 rings (SSSR count). The third-order valence-corrected chi connectivity index (χ3v) is 4.73. The lowest BCUT2D eigenvalue weighted by atomic mass is 10.2. The zero-order chi connectivity index (χ0) is 18.8. The van der Waals surface area contributed by atoms with E-state index >= 15 is 0 Å². The van der Waals surface area contributed by atoms with Gasteiger partial charge < -0.3 is 9.13 Å². The van der Waals surface area contributed by atoms with Crippen molar-refractivity contribution in [3.8, 4) is 11.4 Å². The highest BCUT2D eigenvalue weighted by atomic mass is 15.1. The van der Waals surface area contributed by atoms with E-state index in [1.807, 2.05) is 43.3 Å². The van der Waals surface area contributed by atoms with Gasteiger partial charge in [0.1, 0.15) is 5.82 Å². The van der Waals surface area contributed by atoms with Crippen LogP contribution in [0.1, 0.15) is 43.9 Å². The maximum absolute atomic E-state index is 4.93. The number of aromatic nitrogens is 5. The lowest BCUT2D eigenvalue weighted by Crippen LogP contribution is -2.01. The van der Waals surface area contributed by atoms with E-state index in [-0.39, 0.29) is 0 Å². The predicted octanol–water partition coefficient (Wildman–Crippen LogP) is 5.01. The van der Waals surface area contributed by atoms with Gasteiger partial charge in [-0.3, -0.25) is 4.98 Å². The first-order valence-corrected chi connectivity index (χ1v) is 9.66. The van der Waals surface area contributed by atoms with Gasteiger partial charge in [0.25, 0.3) is 0 Å². The first kappa shape index (κ1) is 17.5. The lowest BCUT2D eigenvalue weighted by Gasteiger charge is -2.09. The van der Waals surface area contributed by atoms with Crippen LogP contribution in [0, 0.1) is 6.92 Å². The number of hydrogen-bond donors (Lipinski definition) is 0. The van der Waals surface area contributed by atoms with Gasteiger partial charge in [0.05, 0.1) is 23.9 Å². The van der Waals surface area contributed by atoms with Crippen LogP contribution in [0.25, 0.3) is 22.4 Å². The lowest BCUT2D eigenvalue weighted by molar-refractivity contribution is 0.771. The maximum Gasteiger partial charge on any atom is 0.142 e. The molecule has 0 spiro atoms. The number of aryl methyl sites for hydroxylation is 1. The molecule has 1 aliphatic rings. The summed E-state index contributed by atoms with van der Waals surface area (Å²) in [7, 11) is 0. The van der Waals surface area contributed by atoms with Gasteiger partial charge in [0.15, 0.2) is 0 Å². The molecule has 27 heavy (non-hydrogen) atoms. The fraction of sp³-hybridized carbons (Fsp3) is 0.318. The van der Waals surface area contributed by atoms with Crippen LogP contribution in [0.4, 0.5) is 0 Å². The number of imidazole rings is 2. The quantitative estimate of drug-likeness (QED) is 0.514. The second kappa shape index (κ2) is 7.35. The Bertz CT molecular complexity index is 1040. The smallest absolute Gasteiger partial charge is 0.142 e. The Morgan fingerprint density at radius 3 is 2.67 bits per heavy atom. The van der Waals surface area contributed by atoms with Crippen molar-refractivity contribution >= 4 is 11.0 Å². The van der Waals surface area contributed by atoms with Crippen LogP contribution in [0.2, 0.25) is 0 Å². The summed E-state index contributed by atoms with van der Waals surface area (Å²) in [4.78, 5) is 13.5. The van der Waals surface area contributed by atoms with Gasteiger partial charge in [-0.2, -0.15) is 0 Å². The maximum atomic E-state index is 4.93. The van der Waals surface area contributed by atoms with Gasteiger partial charge in [0.2, 0.25) is 0 Å². The molecular weight excluding hydrogens is 334 g/mol. The topological polar surface area (TPSA) is 48.5 Å². The van der Waals surface area contributed by atoms with Crippen LogP contribution in [0.5, 0.6) is 0 Å². The van der Waals surface area contributed by atoms with E-state index in [0.29, 0.717) is 6.04 Å². The monoisotopic (exact) mass is 359 g/mol. The van der Waals surface area contributed by atoms with E-state index in [0.717, 1.165) is 29.0 Å². The molecule has 0 aliphatic heterocycles. The van der Waals surface area contributed by atoms with Crippen molar-refractivity contribution in [1.82, 2.24) is 24.1 Å². The van der Waals surface area contributed by atoms with E-state index in [2.05, 4.69) is 45.7 Å². The highest BCUT2D eigenvalue weighted by Crippen LogP contribution is 2.41. The van der Waals surface area contributed by atoms with Crippen molar-refractivity contribution in [2.45, 2.75) is 46.2 Å². The van der Waals surface area contributed by atoms with Crippen LogP contribution in [-0.4, -0.2) is 24.1 Å². The summed E-state index contributed by atoms with van der Waals surface area (Å²) in [5.74, 6) is 1.03. The van der Waals surface area contributed by atoms with Gasteiger partial charge in [0, 0.05) is 36.4 Å². The molecule has 4 aromatic rings. The van der Waals surface area contributed by atoms with Crippen molar-refractivity contribution in [2.24, 2.45) is 0 Å². The third-order valence-electron chi connectivity index (χ3n) is 4.73. The normalized spacial score (nSPS) is 13.4. The summed E-state index contributed by atoms with van der Waals surface area (Å²) < 4.78 is 4.45. The molecular formula is C22H25N5. The largest absolute Gasteiger partial charge is 0.333 e. The van der Waals surface area contributed by atoms with E-state index in [1.165, 1.54) is 23.9 Å². The summed E-state index contributed by atoms with van der Waals surface area (Å²) in [6, 6.07) is 9.26. The second-order valence-corrected chi connectivity index (χ2v) is 6.85. The molecule has 0 bridgehead atoms. The van der Waals surface area contributed by atoms with Crippen molar-refractivity contribution in [3.63, 3.8) is 0 Å². The third kappa shape index (κ3) is 3.50. The molecule has 0 unspecified atom stereocenters. The molecule has 1 aromatic carbocycles. The standard InChI is InChI=1S/C20H19N5.C2H6/c1-14-2-5-18-19(8-14)25(17-3-4-17)20(23-18)16-9-15(10-22-11-16)12-24-7-6-21-13-24;1-2/h2,5-11,13,17H,3-4,12H2,1H3;1-2H3. The number of hydrogen-bond acceptors (Lipinski definition) is 3. The molecule has 0 radical (unpaired) electrons. The predicted molar refractivity (Wildman–Crippen MR) is 109 cm³/mol. The van der Waals surface area contributed by atoms with Crippen molar-refractivity contribution in [1.29, 1.82) is 0 Å². The van der Waals surface area contributed by atoms with Crippen LogP contribution in [0.15, 0.2) is 55.4 Å². The summed E-state index contributed by atoms with van der Waals surface area (Å²) in [5, 5.41) is 0. The number of pyridine rings is 1. The first-order valence-electron chi connectivity index (χ1n) is 9.66. The van der Waals surface area contributed by atoms with Crippen molar-refractivity contribution in [3.05, 3.63) is 66.5 Å². The second-order valence-electron chi connectivity index (χ2n) is 6.85. The molecule has 0 atom stereocenters. The van der Waals surface area contributed by atoms with Crippen molar-refractivity contribution < 1.29 is 0 Å². The van der Waals surface area contributed by atoms with Gasteiger partial charge in [-0.1, -0.05) is 19.9 Å². The minimum atomic E-state index is 0.569. The molecule has 1 fully saturated rings. The van der Waals surface area contributed by atoms with Gasteiger partial charge in [-0.25, -0.2) is 9.97 Å². The molecule has 0 N–H and O–H groups in total. The SMILES string of the molecule is CC.Cc1ccc2nc(-c3cncc(Cn4ccnc4)c3)n(C3CC3)c2c1. The fourth-order valence-corrected chi connectivity index (χ4v) is 3.40. The Hall–Kier alpha value is -2.95. The molecule has 0 amide bonds. The Balaban J connectivity index is 0.000000872. The molecule has 3 heterocycles. The number of fused-ring (bicyclic) bond motifs is 1. The van der Waals surface area contributed by atoms with E-state index in [1.54, 1.807) is 6.20 Å². The fourth-order valence-electron chi connectivity index (χ4n) is 3.40. The average Bonchev–Trinajstić information content (AvgIpc) is 3.26. The van der Waals surface area contributed by atoms with Crippen molar-refractivity contribution in [2.75, 3.05) is 0 Å². The molecule has 5 heteroatoms. The number of nitrogens with zero attached hydrogens (tertiary/aromatic N) is 5. The van der Waals surface area contributed by atoms with Crippen LogP contribution in [0.3, 0.4) is 0 Å². The van der Waals surface area contributed by atoms with Crippen LogP contribution in [-0.2, 0) is 6.54 Å². The van der Waals surface area contributed by atoms with E-state index < -0.39 is 0 Å². The van der Waals surface area contributed by atoms with Crippen LogP contribution >= 0.6 is 0 Å². The highest BCUT2D eigenvalue weighted by molar-refractivity contribution is 5.81. The Labute approximate surface area is 159 Å². The molecule has 3 aromatic heterocycles. The summed E-state index contributed by atoms with van der Waals surface area (Å²) in [6.07, 6.45) is 11.9. The number of benzene rings is 1. The molecule has 0 saturated heterocycles. The van der Waals surface area contributed by atoms with Gasteiger partial charge in [-0.05, 0) is 49.1 Å². The molecule has 138 valence electrons. The molecule has 5 nitrogen and oxygen atoms in total. The minimum absolute atomic E-state index is 0.569. The molecule has 1 saturated carbocycles. The van der Waals surface area contributed by atoms with E-state index in [9.17, 15) is 0 Å². The average molecular weight is 359 g/mol.